The van der Waals surface area contributed by atoms with Crippen LogP contribution in [0, 0.1) is 0 Å². The van der Waals surface area contributed by atoms with Crippen LogP contribution in [0.2, 0.25) is 0 Å². The number of ether oxygens (including phenoxy) is 1. The molecule has 0 radical (unpaired) electrons. The summed E-state index contributed by atoms with van der Waals surface area (Å²) < 4.78 is 5.74. The molecule has 1 aliphatic rings. The topological polar surface area (TPSA) is 24.5 Å². The van der Waals surface area contributed by atoms with Crippen LogP contribution in [-0.4, -0.2) is 49.3 Å². The molecule has 0 amide bonds. The molecule has 2 atom stereocenters. The summed E-state index contributed by atoms with van der Waals surface area (Å²) in [5.41, 5.74) is 0. The van der Waals surface area contributed by atoms with Crippen LogP contribution < -0.4 is 5.32 Å². The monoisotopic (exact) mass is 242 g/mol. The molecule has 102 valence electrons. The van der Waals surface area contributed by atoms with E-state index in [0.717, 1.165) is 19.6 Å². The molecular formula is C14H30N2O. The third kappa shape index (κ3) is 7.02. The van der Waals surface area contributed by atoms with Crippen LogP contribution in [0.5, 0.6) is 0 Å². The highest BCUT2D eigenvalue weighted by atomic mass is 16.5. The summed E-state index contributed by atoms with van der Waals surface area (Å²) >= 11 is 0. The third-order valence-electron chi connectivity index (χ3n) is 3.20. The van der Waals surface area contributed by atoms with Crippen molar-refractivity contribution in [2.24, 2.45) is 0 Å². The van der Waals surface area contributed by atoms with Gasteiger partial charge in [-0.1, -0.05) is 20.3 Å². The Kier molecular flexibility index (Phi) is 7.09. The second-order valence-corrected chi connectivity index (χ2v) is 5.69. The number of nitrogens with one attached hydrogen (secondary N) is 1. The molecule has 1 rings (SSSR count). The minimum Gasteiger partial charge on any atom is -0.373 e. The van der Waals surface area contributed by atoms with Gasteiger partial charge in [0.15, 0.2) is 0 Å². The summed E-state index contributed by atoms with van der Waals surface area (Å²) in [5.74, 6) is 0. The van der Waals surface area contributed by atoms with Crippen molar-refractivity contribution < 1.29 is 4.74 Å². The zero-order chi connectivity index (χ0) is 12.7. The first-order chi connectivity index (χ1) is 8.08. The molecule has 1 N–H and O–H groups in total. The molecule has 0 aromatic rings. The van der Waals surface area contributed by atoms with Gasteiger partial charge in [-0.15, -0.1) is 0 Å². The Morgan fingerprint density at radius 2 is 1.76 bits per heavy atom. The molecule has 1 aliphatic heterocycles. The van der Waals surface area contributed by atoms with E-state index in [0.29, 0.717) is 18.2 Å². The van der Waals surface area contributed by atoms with Crippen molar-refractivity contribution in [3.8, 4) is 0 Å². The van der Waals surface area contributed by atoms with Gasteiger partial charge in [-0.2, -0.15) is 0 Å². The standard InChI is InChI=1S/C14H30N2O/c1-12(2)15-8-6-5-7-9-16-10-13(3)17-14(4)11-16/h12-15H,5-11H2,1-4H3. The molecule has 1 fully saturated rings. The number of unbranched alkanes of at least 4 members (excludes halogenated alkanes) is 2. The minimum atomic E-state index is 0.404. The van der Waals surface area contributed by atoms with Gasteiger partial charge in [0.1, 0.15) is 0 Å². The molecular weight excluding hydrogens is 212 g/mol. The van der Waals surface area contributed by atoms with Gasteiger partial charge in [-0.25, -0.2) is 0 Å². The van der Waals surface area contributed by atoms with Crippen molar-refractivity contribution in [3.05, 3.63) is 0 Å². The first kappa shape index (κ1) is 14.9. The van der Waals surface area contributed by atoms with Crippen molar-refractivity contribution in [2.45, 2.75) is 65.2 Å². The number of nitrogens with zero attached hydrogens (tertiary/aromatic N) is 1. The smallest absolute Gasteiger partial charge is 0.0678 e. The SMILES string of the molecule is CC(C)NCCCCCN1CC(C)OC(C)C1. The van der Waals surface area contributed by atoms with Gasteiger partial charge in [0, 0.05) is 19.1 Å². The number of hydrogen-bond donors (Lipinski definition) is 1. The predicted molar refractivity (Wildman–Crippen MR) is 73.4 cm³/mol. The molecule has 17 heavy (non-hydrogen) atoms. The van der Waals surface area contributed by atoms with E-state index in [1.807, 2.05) is 0 Å². The molecule has 1 heterocycles. The van der Waals surface area contributed by atoms with E-state index in [1.54, 1.807) is 0 Å². The van der Waals surface area contributed by atoms with Crippen molar-refractivity contribution in [3.63, 3.8) is 0 Å². The largest absolute Gasteiger partial charge is 0.373 e. The van der Waals surface area contributed by atoms with Crippen molar-refractivity contribution in [1.29, 1.82) is 0 Å². The van der Waals surface area contributed by atoms with Gasteiger partial charge in [0.05, 0.1) is 12.2 Å². The van der Waals surface area contributed by atoms with Gasteiger partial charge < -0.3 is 10.1 Å². The Hall–Kier alpha value is -0.120. The molecule has 0 bridgehead atoms. The molecule has 3 heteroatoms. The van der Waals surface area contributed by atoms with Crippen molar-refractivity contribution >= 4 is 0 Å². The van der Waals surface area contributed by atoms with Gasteiger partial charge in [-0.05, 0) is 39.8 Å². The highest BCUT2D eigenvalue weighted by Gasteiger charge is 2.21. The summed E-state index contributed by atoms with van der Waals surface area (Å²) in [6.07, 6.45) is 4.76. The number of morpholine rings is 1. The lowest BCUT2D eigenvalue weighted by atomic mass is 10.2. The van der Waals surface area contributed by atoms with E-state index in [4.69, 9.17) is 4.74 Å². The Balaban J connectivity index is 1.98. The zero-order valence-electron chi connectivity index (χ0n) is 12.0. The van der Waals surface area contributed by atoms with Crippen LogP contribution in [0.25, 0.3) is 0 Å². The maximum Gasteiger partial charge on any atom is 0.0678 e. The Morgan fingerprint density at radius 3 is 2.35 bits per heavy atom. The van der Waals surface area contributed by atoms with E-state index in [-0.39, 0.29) is 0 Å². The first-order valence-corrected chi connectivity index (χ1v) is 7.19. The molecule has 2 unspecified atom stereocenters. The first-order valence-electron chi connectivity index (χ1n) is 7.19. The summed E-state index contributed by atoms with van der Waals surface area (Å²) in [7, 11) is 0. The van der Waals surface area contributed by atoms with Gasteiger partial charge in [-0.3, -0.25) is 4.90 Å². The van der Waals surface area contributed by atoms with Crippen molar-refractivity contribution in [2.75, 3.05) is 26.2 Å². The van der Waals surface area contributed by atoms with E-state index >= 15 is 0 Å². The van der Waals surface area contributed by atoms with Crippen LogP contribution in [0.3, 0.4) is 0 Å². The Labute approximate surface area is 107 Å². The molecule has 0 spiro atoms. The lowest BCUT2D eigenvalue weighted by Crippen LogP contribution is -2.45. The summed E-state index contributed by atoms with van der Waals surface area (Å²) in [6.45, 7) is 13.4. The van der Waals surface area contributed by atoms with Crippen LogP contribution in [0.15, 0.2) is 0 Å². The summed E-state index contributed by atoms with van der Waals surface area (Å²) in [6, 6.07) is 0.621. The lowest BCUT2D eigenvalue weighted by Gasteiger charge is -2.35. The Bertz CT molecular complexity index is 187. The molecule has 0 aromatic heterocycles. The second-order valence-electron chi connectivity index (χ2n) is 5.69. The minimum absolute atomic E-state index is 0.404. The average molecular weight is 242 g/mol. The maximum atomic E-state index is 5.74. The van der Waals surface area contributed by atoms with Gasteiger partial charge >= 0.3 is 0 Å². The average Bonchev–Trinajstić information content (AvgIpc) is 2.21. The van der Waals surface area contributed by atoms with Crippen LogP contribution >= 0.6 is 0 Å². The Morgan fingerprint density at radius 1 is 1.12 bits per heavy atom. The fraction of sp³-hybridized carbons (Fsp3) is 1.00. The van der Waals surface area contributed by atoms with Gasteiger partial charge in [0.25, 0.3) is 0 Å². The summed E-state index contributed by atoms with van der Waals surface area (Å²) in [4.78, 5) is 2.55. The van der Waals surface area contributed by atoms with E-state index in [9.17, 15) is 0 Å². The highest BCUT2D eigenvalue weighted by molar-refractivity contribution is 4.72. The fourth-order valence-corrected chi connectivity index (χ4v) is 2.49. The predicted octanol–water partition coefficient (Wildman–Crippen LogP) is 2.26. The van der Waals surface area contributed by atoms with Crippen molar-refractivity contribution in [1.82, 2.24) is 10.2 Å². The van der Waals surface area contributed by atoms with E-state index in [1.165, 1.54) is 25.8 Å². The van der Waals surface area contributed by atoms with E-state index < -0.39 is 0 Å². The highest BCUT2D eigenvalue weighted by Crippen LogP contribution is 2.11. The normalized spacial score (nSPS) is 26.6. The maximum absolute atomic E-state index is 5.74. The number of hydrogen-bond acceptors (Lipinski definition) is 3. The number of rotatable bonds is 7. The molecule has 1 saturated heterocycles. The zero-order valence-corrected chi connectivity index (χ0v) is 12.0. The van der Waals surface area contributed by atoms with E-state index in [2.05, 4.69) is 37.9 Å². The van der Waals surface area contributed by atoms with Crippen LogP contribution in [0.1, 0.15) is 47.0 Å². The third-order valence-corrected chi connectivity index (χ3v) is 3.20. The summed E-state index contributed by atoms with van der Waals surface area (Å²) in [5, 5.41) is 3.46. The van der Waals surface area contributed by atoms with Gasteiger partial charge in [0.2, 0.25) is 0 Å². The fourth-order valence-electron chi connectivity index (χ4n) is 2.49. The molecule has 0 aliphatic carbocycles. The van der Waals surface area contributed by atoms with Crippen LogP contribution in [-0.2, 0) is 4.74 Å². The second kappa shape index (κ2) is 8.06. The molecule has 3 nitrogen and oxygen atoms in total. The quantitative estimate of drug-likeness (QED) is 0.693. The molecule has 0 saturated carbocycles. The molecule has 0 aromatic carbocycles. The van der Waals surface area contributed by atoms with Crippen LogP contribution in [0.4, 0.5) is 0 Å². The lowest BCUT2D eigenvalue weighted by molar-refractivity contribution is -0.0681.